The Balaban J connectivity index is 2.10. The zero-order valence-corrected chi connectivity index (χ0v) is 14.6. The summed E-state index contributed by atoms with van der Waals surface area (Å²) in [5.74, 6) is -1.42. The molecular weight excluding hydrogens is 336 g/mol. The molecular formula is C15H22N2O6S. The minimum atomic E-state index is -3.65. The highest BCUT2D eigenvalue weighted by Gasteiger charge is 2.31. The van der Waals surface area contributed by atoms with Crippen molar-refractivity contribution in [2.75, 3.05) is 13.1 Å². The second kappa shape index (κ2) is 7.35. The highest BCUT2D eigenvalue weighted by atomic mass is 32.2. The maximum Gasteiger partial charge on any atom is 0.303 e. The average molecular weight is 358 g/mol. The number of rotatable bonds is 7. The van der Waals surface area contributed by atoms with Gasteiger partial charge in [0.05, 0.1) is 0 Å². The summed E-state index contributed by atoms with van der Waals surface area (Å²) in [5, 5.41) is 11.3. The third-order valence-electron chi connectivity index (χ3n) is 3.95. The predicted molar refractivity (Wildman–Crippen MR) is 85.2 cm³/mol. The SMILES string of the molecule is Cc1oc(C(=O)NC(C)CCC(=O)O)cc1S(=O)(=O)N1CCCC1. The molecule has 1 aromatic rings. The minimum absolute atomic E-state index is 0.00717. The highest BCUT2D eigenvalue weighted by molar-refractivity contribution is 7.89. The highest BCUT2D eigenvalue weighted by Crippen LogP contribution is 2.26. The first kappa shape index (κ1) is 18.5. The second-order valence-electron chi connectivity index (χ2n) is 5.95. The Morgan fingerprint density at radius 3 is 2.58 bits per heavy atom. The number of furan rings is 1. The molecule has 0 aromatic carbocycles. The normalized spacial score (nSPS) is 16.9. The van der Waals surface area contributed by atoms with E-state index in [-0.39, 0.29) is 35.3 Å². The molecule has 1 saturated heterocycles. The van der Waals surface area contributed by atoms with E-state index in [0.29, 0.717) is 13.1 Å². The lowest BCUT2D eigenvalue weighted by atomic mass is 10.2. The average Bonchev–Trinajstić information content (AvgIpc) is 3.14. The molecule has 2 rings (SSSR count). The molecule has 0 radical (unpaired) electrons. The van der Waals surface area contributed by atoms with Crippen LogP contribution in [0.5, 0.6) is 0 Å². The van der Waals surface area contributed by atoms with E-state index >= 15 is 0 Å². The van der Waals surface area contributed by atoms with Gasteiger partial charge in [0.1, 0.15) is 10.7 Å². The van der Waals surface area contributed by atoms with Crippen molar-refractivity contribution in [2.24, 2.45) is 0 Å². The number of sulfonamides is 1. The maximum atomic E-state index is 12.6. The molecule has 0 saturated carbocycles. The van der Waals surface area contributed by atoms with Crippen molar-refractivity contribution in [3.63, 3.8) is 0 Å². The number of carbonyl (C=O) groups is 2. The Morgan fingerprint density at radius 1 is 1.38 bits per heavy atom. The van der Waals surface area contributed by atoms with E-state index in [1.165, 1.54) is 17.3 Å². The van der Waals surface area contributed by atoms with Crippen molar-refractivity contribution in [2.45, 2.75) is 50.5 Å². The van der Waals surface area contributed by atoms with E-state index in [2.05, 4.69) is 5.32 Å². The monoisotopic (exact) mass is 358 g/mol. The fourth-order valence-corrected chi connectivity index (χ4v) is 4.29. The van der Waals surface area contributed by atoms with E-state index < -0.39 is 21.9 Å². The van der Waals surface area contributed by atoms with Crippen LogP contribution in [-0.2, 0) is 14.8 Å². The van der Waals surface area contributed by atoms with Crippen molar-refractivity contribution in [3.05, 3.63) is 17.6 Å². The van der Waals surface area contributed by atoms with Crippen LogP contribution in [0, 0.1) is 6.92 Å². The molecule has 2 heterocycles. The number of nitrogens with one attached hydrogen (secondary N) is 1. The van der Waals surface area contributed by atoms with Crippen molar-refractivity contribution in [1.82, 2.24) is 9.62 Å². The Hall–Kier alpha value is -1.87. The standard InChI is InChI=1S/C15H22N2O6S/c1-10(5-6-14(18)19)16-15(20)12-9-13(11(2)23-12)24(21,22)17-7-3-4-8-17/h9-10H,3-8H2,1-2H3,(H,16,20)(H,18,19). The zero-order chi connectivity index (χ0) is 17.9. The van der Waals surface area contributed by atoms with Gasteiger partial charge in [-0.25, -0.2) is 8.42 Å². The van der Waals surface area contributed by atoms with Crippen LogP contribution in [0.2, 0.25) is 0 Å². The van der Waals surface area contributed by atoms with Crippen LogP contribution < -0.4 is 5.32 Å². The van der Waals surface area contributed by atoms with Crippen LogP contribution in [0.1, 0.15) is 48.9 Å². The maximum absolute atomic E-state index is 12.6. The Kier molecular flexibility index (Phi) is 5.66. The molecule has 1 aliphatic rings. The lowest BCUT2D eigenvalue weighted by Crippen LogP contribution is -2.32. The number of hydrogen-bond acceptors (Lipinski definition) is 5. The van der Waals surface area contributed by atoms with Crippen LogP contribution in [0.15, 0.2) is 15.4 Å². The summed E-state index contributed by atoms with van der Waals surface area (Å²) in [6, 6.07) is 0.875. The molecule has 8 nitrogen and oxygen atoms in total. The third-order valence-corrected chi connectivity index (χ3v) is 5.95. The van der Waals surface area contributed by atoms with E-state index in [1.54, 1.807) is 6.92 Å². The fraction of sp³-hybridized carbons (Fsp3) is 0.600. The number of carbonyl (C=O) groups excluding carboxylic acids is 1. The molecule has 1 fully saturated rings. The van der Waals surface area contributed by atoms with Gasteiger partial charge in [-0.3, -0.25) is 9.59 Å². The van der Waals surface area contributed by atoms with Crippen LogP contribution in [0.25, 0.3) is 0 Å². The van der Waals surface area contributed by atoms with Crippen LogP contribution in [-0.4, -0.2) is 48.8 Å². The fourth-order valence-electron chi connectivity index (χ4n) is 2.61. The Bertz CT molecular complexity index is 718. The Labute approximate surface area is 140 Å². The van der Waals surface area contributed by atoms with E-state index in [4.69, 9.17) is 9.52 Å². The molecule has 0 aliphatic carbocycles. The molecule has 134 valence electrons. The molecule has 1 unspecified atom stereocenters. The van der Waals surface area contributed by atoms with Gasteiger partial charge in [0.25, 0.3) is 5.91 Å². The largest absolute Gasteiger partial charge is 0.481 e. The number of aryl methyl sites for hydroxylation is 1. The first-order chi connectivity index (χ1) is 11.2. The zero-order valence-electron chi connectivity index (χ0n) is 13.7. The molecule has 0 spiro atoms. The van der Waals surface area contributed by atoms with E-state index in [0.717, 1.165) is 12.8 Å². The molecule has 2 N–H and O–H groups in total. The van der Waals surface area contributed by atoms with Gasteiger partial charge in [-0.15, -0.1) is 0 Å². The summed E-state index contributed by atoms with van der Waals surface area (Å²) in [4.78, 5) is 22.7. The summed E-state index contributed by atoms with van der Waals surface area (Å²) >= 11 is 0. The summed E-state index contributed by atoms with van der Waals surface area (Å²) in [7, 11) is -3.65. The van der Waals surface area contributed by atoms with Crippen molar-refractivity contribution in [1.29, 1.82) is 0 Å². The van der Waals surface area contributed by atoms with Crippen molar-refractivity contribution >= 4 is 21.9 Å². The van der Waals surface area contributed by atoms with Gasteiger partial charge in [-0.05, 0) is 33.1 Å². The summed E-state index contributed by atoms with van der Waals surface area (Å²) in [6.07, 6.45) is 1.86. The first-order valence-corrected chi connectivity index (χ1v) is 9.29. The molecule has 1 aromatic heterocycles. The second-order valence-corrected chi connectivity index (χ2v) is 7.86. The van der Waals surface area contributed by atoms with Gasteiger partial charge >= 0.3 is 5.97 Å². The number of aliphatic carboxylic acids is 1. The summed E-state index contributed by atoms with van der Waals surface area (Å²) in [6.45, 7) is 4.13. The van der Waals surface area contributed by atoms with Crippen LogP contribution >= 0.6 is 0 Å². The van der Waals surface area contributed by atoms with E-state index in [9.17, 15) is 18.0 Å². The molecule has 24 heavy (non-hydrogen) atoms. The third kappa shape index (κ3) is 4.15. The number of carboxylic acids is 1. The van der Waals surface area contributed by atoms with E-state index in [1.807, 2.05) is 0 Å². The first-order valence-electron chi connectivity index (χ1n) is 7.85. The molecule has 1 amide bonds. The van der Waals surface area contributed by atoms with Gasteiger partial charge in [0.2, 0.25) is 10.0 Å². The van der Waals surface area contributed by atoms with Crippen LogP contribution in [0.3, 0.4) is 0 Å². The number of nitrogens with zero attached hydrogens (tertiary/aromatic N) is 1. The van der Waals surface area contributed by atoms with Gasteiger partial charge < -0.3 is 14.8 Å². The summed E-state index contributed by atoms with van der Waals surface area (Å²) < 4.78 is 31.8. The lowest BCUT2D eigenvalue weighted by molar-refractivity contribution is -0.137. The van der Waals surface area contributed by atoms with Gasteiger partial charge in [0, 0.05) is 31.6 Å². The molecule has 1 aliphatic heterocycles. The lowest BCUT2D eigenvalue weighted by Gasteiger charge is -2.14. The topological polar surface area (TPSA) is 117 Å². The predicted octanol–water partition coefficient (Wildman–Crippen LogP) is 1.36. The smallest absolute Gasteiger partial charge is 0.303 e. The molecule has 0 bridgehead atoms. The minimum Gasteiger partial charge on any atom is -0.481 e. The Morgan fingerprint density at radius 2 is 2.00 bits per heavy atom. The molecule has 1 atom stereocenters. The van der Waals surface area contributed by atoms with Gasteiger partial charge in [-0.2, -0.15) is 4.31 Å². The molecule has 9 heteroatoms. The van der Waals surface area contributed by atoms with Crippen LogP contribution in [0.4, 0.5) is 0 Å². The van der Waals surface area contributed by atoms with Crippen molar-refractivity contribution in [3.8, 4) is 0 Å². The number of hydrogen-bond donors (Lipinski definition) is 2. The number of carboxylic acid groups (broad SMARTS) is 1. The quantitative estimate of drug-likeness (QED) is 0.760. The number of amides is 1. The van der Waals surface area contributed by atoms with Gasteiger partial charge in [0.15, 0.2) is 5.76 Å². The summed E-state index contributed by atoms with van der Waals surface area (Å²) in [5.41, 5.74) is 0. The van der Waals surface area contributed by atoms with Gasteiger partial charge in [-0.1, -0.05) is 0 Å². The van der Waals surface area contributed by atoms with Crippen molar-refractivity contribution < 1.29 is 27.5 Å².